The van der Waals surface area contributed by atoms with Crippen molar-refractivity contribution in [3.8, 4) is 34.3 Å². The number of rotatable bonds is 11. The summed E-state index contributed by atoms with van der Waals surface area (Å²) in [5, 5.41) is 64.4. The third-order valence-electron chi connectivity index (χ3n) is 9.53. The van der Waals surface area contributed by atoms with Gasteiger partial charge in [-0.2, -0.15) is 10.2 Å². The van der Waals surface area contributed by atoms with Crippen LogP contribution >= 0.6 is 0 Å². The molecule has 0 saturated heterocycles. The standard InChI is InChI=1S/C30H36N6O2.2C10H8N2.2ClHO4.2Cu.2NO3.Ni/c1-19-9-25(29(37)27(11-19)17-35-23(5)13-21(3)33-35)15-31-7-8-32-16-26-10-20(2)12-28(30(26)38)18-36-24(6)14-22(4)34-36;2*1-3-7-11-9(5-1)10-6-2-4-8-12-10;2*2-1(3,4)5;;;2*2-1(3)4;/h9-16,37-38H,7-8,17-18H2,1-6H3;2*1-8H;2*(H,2,3,4,5);;;;;/q;;;;;2*+2;2*-1;+2/p-4. The number of hydrogen-bond donors (Lipinski definition) is 0. The summed E-state index contributed by atoms with van der Waals surface area (Å²) in [6.45, 7) is 13.5. The van der Waals surface area contributed by atoms with E-state index in [-0.39, 0.29) is 62.1 Å². The Morgan fingerprint density at radius 1 is 0.470 bits per heavy atom. The predicted molar refractivity (Wildman–Crippen MR) is 263 cm³/mol. The molecule has 0 amide bonds. The van der Waals surface area contributed by atoms with E-state index in [0.29, 0.717) is 48.4 Å². The van der Waals surface area contributed by atoms with Gasteiger partial charge in [-0.05, 0) is 124 Å². The average Bonchev–Trinajstić information content (AvgIpc) is 4.09. The minimum Gasteiger partial charge on any atom is -0.872 e. The topological polar surface area (TPSA) is 475 Å². The van der Waals surface area contributed by atoms with E-state index in [2.05, 4.69) is 40.1 Å². The Morgan fingerprint density at radius 3 is 0.928 bits per heavy atom. The van der Waals surface area contributed by atoms with Crippen LogP contribution in [0.1, 0.15) is 56.2 Å². The summed E-state index contributed by atoms with van der Waals surface area (Å²) in [6, 6.07) is 34.7. The first kappa shape index (κ1) is 77.7. The van der Waals surface area contributed by atoms with Crippen molar-refractivity contribution in [1.82, 2.24) is 39.5 Å². The fourth-order valence-corrected chi connectivity index (χ4v) is 6.67. The molecule has 2 radical (unpaired) electrons. The van der Waals surface area contributed by atoms with Crippen molar-refractivity contribution in [2.75, 3.05) is 13.1 Å². The summed E-state index contributed by atoms with van der Waals surface area (Å²) in [4.78, 5) is 42.1. The van der Waals surface area contributed by atoms with Crippen molar-refractivity contribution in [2.45, 2.75) is 54.6 Å². The number of halogens is 2. The van der Waals surface area contributed by atoms with Gasteiger partial charge in [0.25, 0.3) is 0 Å². The number of benzene rings is 2. The Balaban J connectivity index is 0. The van der Waals surface area contributed by atoms with Gasteiger partial charge in [-0.1, -0.05) is 71.2 Å². The van der Waals surface area contributed by atoms with E-state index in [1.54, 1.807) is 37.2 Å². The van der Waals surface area contributed by atoms with Crippen molar-refractivity contribution in [1.29, 1.82) is 0 Å². The van der Waals surface area contributed by atoms with Gasteiger partial charge >= 0.3 is 50.6 Å². The zero-order valence-corrected chi connectivity index (χ0v) is 48.6. The van der Waals surface area contributed by atoms with Gasteiger partial charge in [-0.15, -0.1) is 20.5 Å². The molecule has 0 unspecified atom stereocenters. The van der Waals surface area contributed by atoms with Crippen LogP contribution < -0.4 is 47.5 Å². The number of aromatic nitrogens is 8. The van der Waals surface area contributed by atoms with Gasteiger partial charge < -0.3 is 40.9 Å². The first-order valence-corrected chi connectivity index (χ1v) is 25.1. The number of pyridine rings is 4. The van der Waals surface area contributed by atoms with Crippen LogP contribution in [0.3, 0.4) is 0 Å². The SMILES string of the molecule is Cc1cc(C=NCCN=Cc2cc(C)cc(Cn3nc(C)cc3C)c2[O-])c([O-])c(Cn2nc(C)cc2C)c1.O=[N+]([O-])[O-].O=[N+]([O-])[O-].[Cu+2].[Cu+2].[Ni+2].[O-][Cl+3]([O-])([O-])[O-].[O-][Cl+3]([O-])([O-])[O-].c1ccc(-c2ccccn2)nc1.c1ccc(-c2ccccn2)nc1. The van der Waals surface area contributed by atoms with Gasteiger partial charge in [0.1, 0.15) is 0 Å². The Hall–Kier alpha value is -7.41. The van der Waals surface area contributed by atoms with Gasteiger partial charge in [-0.25, -0.2) is 37.3 Å². The number of nitrogens with zero attached hydrogens (tertiary/aromatic N) is 12. The minimum absolute atomic E-state index is 0. The van der Waals surface area contributed by atoms with E-state index in [0.717, 1.165) is 56.7 Å². The molecule has 0 spiro atoms. The summed E-state index contributed by atoms with van der Waals surface area (Å²) >= 11 is 0. The Kier molecular flexibility index (Phi) is 37.4. The van der Waals surface area contributed by atoms with Gasteiger partial charge in [0.05, 0.1) is 70.5 Å². The Labute approximate surface area is 510 Å². The Bertz CT molecular complexity index is 2900. The molecule has 452 valence electrons. The molecule has 83 heavy (non-hydrogen) atoms. The van der Waals surface area contributed by atoms with Crippen molar-refractivity contribution >= 4 is 12.4 Å². The van der Waals surface area contributed by atoms with E-state index in [1.165, 1.54) is 0 Å². The van der Waals surface area contributed by atoms with Gasteiger partial charge in [-0.3, -0.25) is 39.3 Å². The van der Waals surface area contributed by atoms with Crippen molar-refractivity contribution in [2.24, 2.45) is 9.98 Å². The molecule has 8 rings (SSSR count). The molecule has 8 aromatic rings. The molecule has 0 aliphatic rings. The number of hydrogen-bond acceptors (Lipinski definition) is 24. The summed E-state index contributed by atoms with van der Waals surface area (Å²) in [5.74, 6) is -0.0809. The molecular weight excluding hydrogens is 1280 g/mol. The molecule has 33 heteroatoms. The summed E-state index contributed by atoms with van der Waals surface area (Å²) in [7, 11) is -9.89. The second-order valence-electron chi connectivity index (χ2n) is 16.0. The quantitative estimate of drug-likeness (QED) is 0.0444. The fourth-order valence-electron chi connectivity index (χ4n) is 6.67. The molecule has 0 aliphatic carbocycles. The van der Waals surface area contributed by atoms with Crippen molar-refractivity contribution in [3.05, 3.63) is 221 Å². The molecular formula is C50H50Cl2Cu2N12NiO16. The molecule has 28 nitrogen and oxygen atoms in total. The largest absolute Gasteiger partial charge is 2.00 e. The first-order chi connectivity index (χ1) is 37.5. The third-order valence-corrected chi connectivity index (χ3v) is 9.53. The summed E-state index contributed by atoms with van der Waals surface area (Å²) in [5.41, 5.74) is 12.0. The minimum atomic E-state index is -4.94. The van der Waals surface area contributed by atoms with Crippen LogP contribution in [0.15, 0.2) is 144 Å². The summed E-state index contributed by atoms with van der Waals surface area (Å²) < 4.78 is 71.6. The van der Waals surface area contributed by atoms with Crippen LogP contribution in [0.25, 0.3) is 22.8 Å². The molecule has 2 aromatic carbocycles. The molecule has 0 N–H and O–H groups in total. The van der Waals surface area contributed by atoms with E-state index in [1.807, 2.05) is 160 Å². The molecule has 6 aromatic heterocycles. The maximum atomic E-state index is 13.0. The molecule has 0 bridgehead atoms. The number of aliphatic imine (C=N–C) groups is 2. The molecule has 0 aliphatic heterocycles. The average molecular weight is 1330 g/mol. The van der Waals surface area contributed by atoms with E-state index >= 15 is 0 Å². The molecule has 6 heterocycles. The fraction of sp³-hybridized carbons (Fsp3) is 0.200. The van der Waals surface area contributed by atoms with Gasteiger partial charge in [0.2, 0.25) is 0 Å². The maximum absolute atomic E-state index is 13.0. The van der Waals surface area contributed by atoms with Crippen molar-refractivity contribution < 1.29 is 129 Å². The van der Waals surface area contributed by atoms with Gasteiger partial charge in [0, 0.05) is 48.6 Å². The smallest absolute Gasteiger partial charge is 0.872 e. The van der Waals surface area contributed by atoms with Crippen LogP contribution in [0, 0.1) is 92.7 Å². The van der Waals surface area contributed by atoms with Crippen molar-refractivity contribution in [3.63, 3.8) is 0 Å². The monoisotopic (exact) mass is 1330 g/mol. The zero-order chi connectivity index (χ0) is 60.0. The predicted octanol–water partition coefficient (Wildman–Crippen LogP) is -2.00. The van der Waals surface area contributed by atoms with Crippen LogP contribution in [-0.4, -0.2) is 75.2 Å². The van der Waals surface area contributed by atoms with Crippen LogP contribution in [0.5, 0.6) is 11.5 Å². The zero-order valence-electron chi connectivity index (χ0n) is 44.3. The maximum Gasteiger partial charge on any atom is 2.00 e. The van der Waals surface area contributed by atoms with Gasteiger partial charge in [0.15, 0.2) is 0 Å². The second kappa shape index (κ2) is 39.9. The van der Waals surface area contributed by atoms with E-state index < -0.39 is 30.7 Å². The third kappa shape index (κ3) is 35.3. The number of aryl methyl sites for hydroxylation is 6. The molecule has 0 saturated carbocycles. The summed E-state index contributed by atoms with van der Waals surface area (Å²) in [6.07, 6.45) is 10.3. The molecule has 0 atom stereocenters. The molecule has 0 fully saturated rings. The van der Waals surface area contributed by atoms with Crippen LogP contribution in [0.2, 0.25) is 0 Å². The first-order valence-electron chi connectivity index (χ1n) is 22.6. The Morgan fingerprint density at radius 2 is 0.723 bits per heavy atom. The van der Waals surface area contributed by atoms with E-state index in [9.17, 15) is 10.2 Å². The second-order valence-corrected chi connectivity index (χ2v) is 17.5. The van der Waals surface area contributed by atoms with Crippen LogP contribution in [0.4, 0.5) is 0 Å². The van der Waals surface area contributed by atoms with E-state index in [4.69, 9.17) is 67.9 Å². The van der Waals surface area contributed by atoms with Crippen LogP contribution in [-0.2, 0) is 63.7 Å². The normalized spacial score (nSPS) is 10.2.